The molecular weight excluding hydrogens is 369 g/mol. The number of nitrogens with one attached hydrogen (secondary N) is 1. The Morgan fingerprint density at radius 1 is 1.45 bits per heavy atom. The molecular formula is C21H28BN3O4. The molecule has 1 aliphatic carbocycles. The fourth-order valence-corrected chi connectivity index (χ4v) is 6.07. The molecule has 8 heteroatoms. The highest BCUT2D eigenvalue weighted by Gasteiger charge is 2.65. The lowest BCUT2D eigenvalue weighted by Crippen LogP contribution is -2.38. The van der Waals surface area contributed by atoms with E-state index in [2.05, 4.69) is 23.8 Å². The Labute approximate surface area is 170 Å². The molecule has 2 atom stereocenters. The number of carbonyl (C=O) groups is 1. The second-order valence-electron chi connectivity index (χ2n) is 9.60. The van der Waals surface area contributed by atoms with Gasteiger partial charge in [0.2, 0.25) is 0 Å². The minimum Gasteiger partial charge on any atom is -0.449 e. The Morgan fingerprint density at radius 3 is 3.07 bits per heavy atom. The van der Waals surface area contributed by atoms with E-state index in [1.54, 1.807) is 6.20 Å². The Hall–Kier alpha value is -2.06. The van der Waals surface area contributed by atoms with Crippen molar-refractivity contribution in [3.8, 4) is 0 Å². The standard InChI is InChI=1S/C21H28BN3O4/c1-4-9-28-18(26)25-8-6-20(13-25)12-21(11-19(20,2)3)16-14-5-7-23-17(14)24-10-15(16)22(27)29-21/h5,7,10,27H,4,6,8-9,11-13H2,1-3H3,(H,23,24). The minimum atomic E-state index is -0.963. The lowest BCUT2D eigenvalue weighted by Gasteiger charge is -2.37. The number of aromatic amines is 1. The second-order valence-corrected chi connectivity index (χ2v) is 9.60. The third-order valence-electron chi connectivity index (χ3n) is 7.50. The van der Waals surface area contributed by atoms with Crippen LogP contribution in [0.25, 0.3) is 11.0 Å². The van der Waals surface area contributed by atoms with Gasteiger partial charge in [0.15, 0.2) is 0 Å². The van der Waals surface area contributed by atoms with E-state index in [4.69, 9.17) is 9.39 Å². The summed E-state index contributed by atoms with van der Waals surface area (Å²) in [6.45, 7) is 8.36. The summed E-state index contributed by atoms with van der Waals surface area (Å²) in [5.41, 5.74) is 1.95. The van der Waals surface area contributed by atoms with Gasteiger partial charge in [-0.3, -0.25) is 0 Å². The molecule has 1 amide bonds. The molecule has 3 aliphatic rings. The molecule has 2 aromatic heterocycles. The molecule has 29 heavy (non-hydrogen) atoms. The molecule has 2 spiro atoms. The highest BCUT2D eigenvalue weighted by molar-refractivity contribution is 6.62. The molecule has 154 valence electrons. The number of carbonyl (C=O) groups excluding carboxylic acids is 1. The van der Waals surface area contributed by atoms with Crippen LogP contribution in [0.2, 0.25) is 0 Å². The summed E-state index contributed by atoms with van der Waals surface area (Å²) in [7, 11) is -0.963. The monoisotopic (exact) mass is 397 g/mol. The van der Waals surface area contributed by atoms with Crippen molar-refractivity contribution in [2.24, 2.45) is 10.8 Å². The lowest BCUT2D eigenvalue weighted by atomic mass is 9.67. The number of aromatic nitrogens is 2. The predicted molar refractivity (Wildman–Crippen MR) is 110 cm³/mol. The number of pyridine rings is 1. The van der Waals surface area contributed by atoms with Gasteiger partial charge in [-0.05, 0) is 48.1 Å². The van der Waals surface area contributed by atoms with E-state index < -0.39 is 12.7 Å². The summed E-state index contributed by atoms with van der Waals surface area (Å²) >= 11 is 0. The molecule has 4 heterocycles. The van der Waals surface area contributed by atoms with Gasteiger partial charge in [0.05, 0.1) is 12.2 Å². The smallest absolute Gasteiger partial charge is 0.449 e. The van der Waals surface area contributed by atoms with Gasteiger partial charge in [-0.1, -0.05) is 20.8 Å². The molecule has 0 bridgehead atoms. The SMILES string of the molecule is CCCOC(=O)N1CCC2(C1)CC1(CC2(C)C)OB(O)c2cnc3[nH]ccc3c21. The number of ether oxygens (including phenoxy) is 1. The number of H-pyrrole nitrogens is 1. The van der Waals surface area contributed by atoms with Gasteiger partial charge in [-0.15, -0.1) is 0 Å². The van der Waals surface area contributed by atoms with E-state index in [1.807, 2.05) is 24.1 Å². The van der Waals surface area contributed by atoms with Gasteiger partial charge in [0, 0.05) is 36.3 Å². The van der Waals surface area contributed by atoms with Gasteiger partial charge in [0.25, 0.3) is 0 Å². The van der Waals surface area contributed by atoms with Gasteiger partial charge >= 0.3 is 13.2 Å². The number of hydrogen-bond donors (Lipinski definition) is 2. The molecule has 0 aromatic carbocycles. The number of likely N-dealkylation sites (tertiary alicyclic amines) is 1. The molecule has 1 saturated carbocycles. The minimum absolute atomic E-state index is 0.0555. The molecule has 2 unspecified atom stereocenters. The summed E-state index contributed by atoms with van der Waals surface area (Å²) in [5.74, 6) is 0. The summed E-state index contributed by atoms with van der Waals surface area (Å²) < 4.78 is 11.7. The van der Waals surface area contributed by atoms with Crippen molar-refractivity contribution in [3.05, 3.63) is 24.0 Å². The average Bonchev–Trinajstić information content (AvgIpc) is 3.40. The van der Waals surface area contributed by atoms with E-state index in [-0.39, 0.29) is 16.9 Å². The van der Waals surface area contributed by atoms with Crippen LogP contribution in [-0.4, -0.2) is 52.8 Å². The number of amides is 1. The second kappa shape index (κ2) is 6.22. The molecule has 0 radical (unpaired) electrons. The third kappa shape index (κ3) is 2.58. The van der Waals surface area contributed by atoms with Crippen LogP contribution in [0.5, 0.6) is 0 Å². The predicted octanol–water partition coefficient (Wildman–Crippen LogP) is 2.53. The van der Waals surface area contributed by atoms with Crippen molar-refractivity contribution >= 4 is 29.7 Å². The summed E-state index contributed by atoms with van der Waals surface area (Å²) in [6, 6.07) is 2.02. The van der Waals surface area contributed by atoms with E-state index in [1.165, 1.54) is 0 Å². The highest BCUT2D eigenvalue weighted by atomic mass is 16.6. The molecule has 5 rings (SSSR count). The van der Waals surface area contributed by atoms with Crippen molar-refractivity contribution in [1.82, 2.24) is 14.9 Å². The number of fused-ring (bicyclic) bond motifs is 4. The number of hydrogen-bond acceptors (Lipinski definition) is 5. The number of nitrogens with zero attached hydrogens (tertiary/aromatic N) is 2. The quantitative estimate of drug-likeness (QED) is 0.761. The maximum Gasteiger partial charge on any atom is 0.493 e. The molecule has 2 aromatic rings. The normalized spacial score (nSPS) is 30.1. The van der Waals surface area contributed by atoms with Gasteiger partial charge in [-0.2, -0.15) is 0 Å². The van der Waals surface area contributed by atoms with Crippen LogP contribution in [0.3, 0.4) is 0 Å². The van der Waals surface area contributed by atoms with Crippen LogP contribution in [0, 0.1) is 10.8 Å². The Balaban J connectivity index is 1.52. The van der Waals surface area contributed by atoms with Gasteiger partial charge in [0.1, 0.15) is 5.65 Å². The van der Waals surface area contributed by atoms with Gasteiger partial charge < -0.3 is 24.3 Å². The zero-order chi connectivity index (χ0) is 20.4. The van der Waals surface area contributed by atoms with Crippen molar-refractivity contribution < 1.29 is 19.2 Å². The molecule has 7 nitrogen and oxygen atoms in total. The first-order chi connectivity index (χ1) is 13.8. The maximum absolute atomic E-state index is 12.5. The van der Waals surface area contributed by atoms with Crippen molar-refractivity contribution in [2.75, 3.05) is 19.7 Å². The van der Waals surface area contributed by atoms with Gasteiger partial charge in [-0.25, -0.2) is 9.78 Å². The van der Waals surface area contributed by atoms with Crippen LogP contribution in [0.4, 0.5) is 4.79 Å². The summed E-state index contributed by atoms with van der Waals surface area (Å²) in [5, 5.41) is 11.7. The molecule has 2 fully saturated rings. The Bertz CT molecular complexity index is 976. The van der Waals surface area contributed by atoms with E-state index >= 15 is 0 Å². The fourth-order valence-electron chi connectivity index (χ4n) is 6.07. The zero-order valence-electron chi connectivity index (χ0n) is 17.3. The first-order valence-electron chi connectivity index (χ1n) is 10.5. The molecule has 1 saturated heterocycles. The Kier molecular flexibility index (Phi) is 4.06. The lowest BCUT2D eigenvalue weighted by molar-refractivity contribution is 0.0534. The maximum atomic E-state index is 12.5. The summed E-state index contributed by atoms with van der Waals surface area (Å²) in [6.07, 6.45) is 6.71. The topological polar surface area (TPSA) is 87.7 Å². The third-order valence-corrected chi connectivity index (χ3v) is 7.50. The fraction of sp³-hybridized carbons (Fsp3) is 0.619. The van der Waals surface area contributed by atoms with Crippen molar-refractivity contribution in [3.63, 3.8) is 0 Å². The van der Waals surface area contributed by atoms with Crippen molar-refractivity contribution in [1.29, 1.82) is 0 Å². The average molecular weight is 397 g/mol. The largest absolute Gasteiger partial charge is 0.493 e. The summed E-state index contributed by atoms with van der Waals surface area (Å²) in [4.78, 5) is 21.9. The van der Waals surface area contributed by atoms with E-state index in [0.29, 0.717) is 19.7 Å². The van der Waals surface area contributed by atoms with Crippen LogP contribution in [-0.2, 0) is 15.0 Å². The van der Waals surface area contributed by atoms with Crippen LogP contribution in [0.1, 0.15) is 52.0 Å². The van der Waals surface area contributed by atoms with E-state index in [9.17, 15) is 9.82 Å². The highest BCUT2D eigenvalue weighted by Crippen LogP contribution is 2.66. The number of rotatable bonds is 2. The van der Waals surface area contributed by atoms with Crippen LogP contribution >= 0.6 is 0 Å². The van der Waals surface area contributed by atoms with E-state index in [0.717, 1.165) is 47.7 Å². The van der Waals surface area contributed by atoms with Crippen LogP contribution < -0.4 is 5.46 Å². The van der Waals surface area contributed by atoms with Crippen LogP contribution in [0.15, 0.2) is 18.5 Å². The molecule has 2 N–H and O–H groups in total. The molecule has 2 aliphatic heterocycles. The first-order valence-corrected chi connectivity index (χ1v) is 10.5. The first kappa shape index (κ1) is 18.9. The Morgan fingerprint density at radius 2 is 2.28 bits per heavy atom. The van der Waals surface area contributed by atoms with Crippen molar-refractivity contribution in [2.45, 2.75) is 52.1 Å². The zero-order valence-corrected chi connectivity index (χ0v) is 17.3.